The number of hydrogen-bond donors (Lipinski definition) is 0. The molecule has 0 bridgehead atoms. The number of carbonyl (C=O) groups excluding carboxylic acids is 2. The molecule has 2 amide bonds. The largest absolute Gasteiger partial charge is 0.338 e. The zero-order chi connectivity index (χ0) is 16.9. The molecule has 0 aromatic carbocycles. The first-order chi connectivity index (χ1) is 11.7. The van der Waals surface area contributed by atoms with E-state index in [0.29, 0.717) is 17.5 Å². The lowest BCUT2D eigenvalue weighted by atomic mass is 9.95. The van der Waals surface area contributed by atoms with E-state index in [1.807, 2.05) is 16.7 Å². The molecule has 3 heterocycles. The van der Waals surface area contributed by atoms with E-state index in [0.717, 1.165) is 44.5 Å². The quantitative estimate of drug-likeness (QED) is 0.840. The van der Waals surface area contributed by atoms with Crippen molar-refractivity contribution in [2.75, 3.05) is 25.4 Å². The molecule has 2 saturated heterocycles. The van der Waals surface area contributed by atoms with Gasteiger partial charge in [0.15, 0.2) is 0 Å². The van der Waals surface area contributed by atoms with Crippen molar-refractivity contribution in [3.63, 3.8) is 0 Å². The standard InChI is InChI=1S/C18H25N3O2S/c1-2-4-16-21(11-12-24-16)18(23)15-5-3-10-20(13-15)17(22)14-6-8-19-9-7-14/h6-9,15-16H,2-5,10-13H2,1H3/t15-,16+/m0/s1. The Hall–Kier alpha value is -1.56. The summed E-state index contributed by atoms with van der Waals surface area (Å²) in [5.41, 5.74) is 0.652. The minimum atomic E-state index is -0.0532. The van der Waals surface area contributed by atoms with E-state index in [1.54, 1.807) is 24.5 Å². The number of amides is 2. The molecule has 0 radical (unpaired) electrons. The van der Waals surface area contributed by atoms with Gasteiger partial charge in [-0.2, -0.15) is 0 Å². The third kappa shape index (κ3) is 3.74. The Labute approximate surface area is 147 Å². The lowest BCUT2D eigenvalue weighted by Crippen LogP contribution is -2.47. The lowest BCUT2D eigenvalue weighted by Gasteiger charge is -2.35. The SMILES string of the molecule is CCC[C@H]1SCCN1C(=O)[C@H]1CCCN(C(=O)c2ccncc2)C1. The molecule has 3 rings (SSSR count). The number of thioether (sulfide) groups is 1. The van der Waals surface area contributed by atoms with Gasteiger partial charge >= 0.3 is 0 Å². The van der Waals surface area contributed by atoms with Crippen molar-refractivity contribution in [3.05, 3.63) is 30.1 Å². The Morgan fingerprint density at radius 2 is 2.08 bits per heavy atom. The highest BCUT2D eigenvalue weighted by Crippen LogP contribution is 2.30. The first kappa shape index (κ1) is 17.3. The molecule has 0 aliphatic carbocycles. The van der Waals surface area contributed by atoms with Crippen LogP contribution in [0.2, 0.25) is 0 Å². The van der Waals surface area contributed by atoms with E-state index in [2.05, 4.69) is 16.8 Å². The average Bonchev–Trinajstić information content (AvgIpc) is 3.10. The van der Waals surface area contributed by atoms with E-state index in [1.165, 1.54) is 0 Å². The van der Waals surface area contributed by atoms with Crippen molar-refractivity contribution in [3.8, 4) is 0 Å². The first-order valence-corrected chi connectivity index (χ1v) is 9.87. The molecule has 5 nitrogen and oxygen atoms in total. The van der Waals surface area contributed by atoms with Crippen LogP contribution >= 0.6 is 11.8 Å². The van der Waals surface area contributed by atoms with Gasteiger partial charge in [0.1, 0.15) is 0 Å². The maximum absolute atomic E-state index is 13.0. The number of rotatable bonds is 4. The van der Waals surface area contributed by atoms with Crippen molar-refractivity contribution in [2.45, 2.75) is 38.0 Å². The zero-order valence-electron chi connectivity index (χ0n) is 14.2. The molecule has 2 aliphatic rings. The van der Waals surface area contributed by atoms with Crippen LogP contribution in [0, 0.1) is 5.92 Å². The second-order valence-corrected chi connectivity index (χ2v) is 7.76. The van der Waals surface area contributed by atoms with Crippen LogP contribution in [0.15, 0.2) is 24.5 Å². The smallest absolute Gasteiger partial charge is 0.253 e. The van der Waals surface area contributed by atoms with Crippen LogP contribution in [-0.4, -0.2) is 57.4 Å². The predicted octanol–water partition coefficient (Wildman–Crippen LogP) is 2.64. The molecule has 0 saturated carbocycles. The van der Waals surface area contributed by atoms with Crippen molar-refractivity contribution in [1.82, 2.24) is 14.8 Å². The fourth-order valence-electron chi connectivity index (χ4n) is 3.53. The fourth-order valence-corrected chi connectivity index (χ4v) is 4.90. The second kappa shape index (κ2) is 8.01. The van der Waals surface area contributed by atoms with Crippen molar-refractivity contribution in [2.24, 2.45) is 5.92 Å². The van der Waals surface area contributed by atoms with Gasteiger partial charge in [-0.05, 0) is 31.4 Å². The van der Waals surface area contributed by atoms with Crippen LogP contribution in [0.1, 0.15) is 43.0 Å². The highest BCUT2D eigenvalue weighted by Gasteiger charge is 2.36. The number of nitrogens with zero attached hydrogens (tertiary/aromatic N) is 3. The average molecular weight is 347 g/mol. The van der Waals surface area contributed by atoms with Crippen LogP contribution in [0.4, 0.5) is 0 Å². The summed E-state index contributed by atoms with van der Waals surface area (Å²) in [6.45, 7) is 4.29. The van der Waals surface area contributed by atoms with E-state index in [4.69, 9.17) is 0 Å². The molecule has 130 valence electrons. The van der Waals surface area contributed by atoms with E-state index < -0.39 is 0 Å². The summed E-state index contributed by atoms with van der Waals surface area (Å²) in [6, 6.07) is 3.48. The van der Waals surface area contributed by atoms with Gasteiger partial charge in [0.05, 0.1) is 11.3 Å². The highest BCUT2D eigenvalue weighted by atomic mass is 32.2. The van der Waals surface area contributed by atoms with E-state index in [-0.39, 0.29) is 17.7 Å². The predicted molar refractivity (Wildman–Crippen MR) is 95.7 cm³/mol. The van der Waals surface area contributed by atoms with Crippen molar-refractivity contribution < 1.29 is 9.59 Å². The van der Waals surface area contributed by atoms with Gasteiger partial charge in [-0.1, -0.05) is 13.3 Å². The summed E-state index contributed by atoms with van der Waals surface area (Å²) < 4.78 is 0. The van der Waals surface area contributed by atoms with Crippen molar-refractivity contribution in [1.29, 1.82) is 0 Å². The third-order valence-corrected chi connectivity index (χ3v) is 6.09. The highest BCUT2D eigenvalue weighted by molar-refractivity contribution is 8.00. The molecule has 0 spiro atoms. The summed E-state index contributed by atoms with van der Waals surface area (Å²) in [6.07, 6.45) is 7.21. The van der Waals surface area contributed by atoms with E-state index in [9.17, 15) is 9.59 Å². The Morgan fingerprint density at radius 3 is 2.83 bits per heavy atom. The van der Waals surface area contributed by atoms with Crippen LogP contribution in [0.5, 0.6) is 0 Å². The molecule has 24 heavy (non-hydrogen) atoms. The van der Waals surface area contributed by atoms with Crippen LogP contribution in [0.25, 0.3) is 0 Å². The molecule has 0 N–H and O–H groups in total. The van der Waals surface area contributed by atoms with Crippen LogP contribution in [0.3, 0.4) is 0 Å². The molecule has 0 unspecified atom stereocenters. The van der Waals surface area contributed by atoms with Gasteiger partial charge in [-0.15, -0.1) is 11.8 Å². The lowest BCUT2D eigenvalue weighted by molar-refractivity contribution is -0.137. The number of likely N-dealkylation sites (tertiary alicyclic amines) is 1. The molecule has 2 aliphatic heterocycles. The molecule has 2 atom stereocenters. The first-order valence-electron chi connectivity index (χ1n) is 8.82. The molecular weight excluding hydrogens is 322 g/mol. The summed E-state index contributed by atoms with van der Waals surface area (Å²) in [5.74, 6) is 1.23. The number of piperidine rings is 1. The van der Waals surface area contributed by atoms with Gasteiger partial charge < -0.3 is 9.80 Å². The monoisotopic (exact) mass is 347 g/mol. The molecule has 1 aromatic heterocycles. The Morgan fingerprint density at radius 1 is 1.29 bits per heavy atom. The molecule has 2 fully saturated rings. The Balaban J connectivity index is 1.65. The summed E-state index contributed by atoms with van der Waals surface area (Å²) in [4.78, 5) is 33.4. The minimum absolute atomic E-state index is 0.0100. The maximum atomic E-state index is 13.0. The topological polar surface area (TPSA) is 53.5 Å². The third-order valence-electron chi connectivity index (χ3n) is 4.79. The van der Waals surface area contributed by atoms with Crippen LogP contribution in [-0.2, 0) is 4.79 Å². The molecular formula is C18H25N3O2S. The zero-order valence-corrected chi connectivity index (χ0v) is 15.0. The summed E-state index contributed by atoms with van der Waals surface area (Å²) in [5, 5.41) is 0.328. The van der Waals surface area contributed by atoms with Crippen LogP contribution < -0.4 is 0 Å². The number of aromatic nitrogens is 1. The number of carbonyl (C=O) groups is 2. The van der Waals surface area contributed by atoms with Gasteiger partial charge in [0, 0.05) is 43.3 Å². The molecule has 6 heteroatoms. The Kier molecular flexibility index (Phi) is 5.76. The second-order valence-electron chi connectivity index (χ2n) is 6.47. The molecule has 1 aromatic rings. The number of hydrogen-bond acceptors (Lipinski definition) is 4. The van der Waals surface area contributed by atoms with Gasteiger partial charge in [0.2, 0.25) is 5.91 Å². The Bertz CT molecular complexity index is 581. The minimum Gasteiger partial charge on any atom is -0.338 e. The maximum Gasteiger partial charge on any atom is 0.253 e. The van der Waals surface area contributed by atoms with Gasteiger partial charge in [-0.25, -0.2) is 0 Å². The van der Waals surface area contributed by atoms with Crippen molar-refractivity contribution >= 4 is 23.6 Å². The summed E-state index contributed by atoms with van der Waals surface area (Å²) in [7, 11) is 0. The van der Waals surface area contributed by atoms with E-state index >= 15 is 0 Å². The number of pyridine rings is 1. The van der Waals surface area contributed by atoms with Gasteiger partial charge in [-0.3, -0.25) is 14.6 Å². The normalized spacial score (nSPS) is 24.2. The fraction of sp³-hybridized carbons (Fsp3) is 0.611. The summed E-state index contributed by atoms with van der Waals surface area (Å²) >= 11 is 1.89. The van der Waals surface area contributed by atoms with Gasteiger partial charge in [0.25, 0.3) is 5.91 Å².